The molecule has 0 aliphatic heterocycles. The van der Waals surface area contributed by atoms with Crippen molar-refractivity contribution < 1.29 is 19.6 Å². The first-order chi connectivity index (χ1) is 13.0. The van der Waals surface area contributed by atoms with E-state index in [9.17, 15) is 24.8 Å². The smallest absolute Gasteiger partial charge is 0.305 e. The Balaban J connectivity index is 2.32. The molecule has 2 aromatic rings. The number of nitrogens with one attached hydrogen (secondary N) is 1. The summed E-state index contributed by atoms with van der Waals surface area (Å²) in [7, 11) is 0. The molecular formula is C21H24N2O5. The Hall–Kier alpha value is -3.22. The molecule has 28 heavy (non-hydrogen) atoms. The number of nitrogens with zero attached hydrogens (tertiary/aromatic N) is 1. The zero-order chi connectivity index (χ0) is 21.1. The Morgan fingerprint density at radius 1 is 1.14 bits per heavy atom. The van der Waals surface area contributed by atoms with E-state index in [2.05, 4.69) is 26.1 Å². The molecular weight excluding hydrogens is 360 g/mol. The van der Waals surface area contributed by atoms with Gasteiger partial charge < -0.3 is 10.4 Å². The van der Waals surface area contributed by atoms with E-state index in [4.69, 9.17) is 0 Å². The molecule has 0 aromatic heterocycles. The van der Waals surface area contributed by atoms with E-state index in [1.807, 2.05) is 12.1 Å². The highest BCUT2D eigenvalue weighted by atomic mass is 16.6. The number of hydrogen-bond donors (Lipinski definition) is 2. The van der Waals surface area contributed by atoms with Crippen LogP contribution in [0.25, 0.3) is 0 Å². The van der Waals surface area contributed by atoms with Crippen LogP contribution in [0.15, 0.2) is 42.5 Å². The van der Waals surface area contributed by atoms with Gasteiger partial charge >= 0.3 is 5.97 Å². The van der Waals surface area contributed by atoms with E-state index in [0.29, 0.717) is 5.56 Å². The summed E-state index contributed by atoms with van der Waals surface area (Å²) in [4.78, 5) is 34.5. The average molecular weight is 384 g/mol. The summed E-state index contributed by atoms with van der Waals surface area (Å²) in [6.07, 6.45) is -0.297. The number of carbonyl (C=O) groups is 2. The summed E-state index contributed by atoms with van der Waals surface area (Å²) >= 11 is 0. The molecule has 0 aliphatic rings. The monoisotopic (exact) mass is 384 g/mol. The Labute approximate surface area is 163 Å². The van der Waals surface area contributed by atoms with Crippen molar-refractivity contribution in [2.24, 2.45) is 0 Å². The molecule has 7 heteroatoms. The van der Waals surface area contributed by atoms with Crippen LogP contribution in [0.4, 0.5) is 5.69 Å². The topological polar surface area (TPSA) is 110 Å². The molecule has 0 heterocycles. The second kappa shape index (κ2) is 8.21. The fourth-order valence-electron chi connectivity index (χ4n) is 2.95. The largest absolute Gasteiger partial charge is 0.481 e. The second-order valence-electron chi connectivity index (χ2n) is 7.70. The van der Waals surface area contributed by atoms with Gasteiger partial charge in [0.15, 0.2) is 0 Å². The molecule has 2 aromatic carbocycles. The third-order valence-electron chi connectivity index (χ3n) is 4.61. The lowest BCUT2D eigenvalue weighted by molar-refractivity contribution is -0.385. The first kappa shape index (κ1) is 21.1. The number of benzene rings is 2. The second-order valence-corrected chi connectivity index (χ2v) is 7.70. The maximum absolute atomic E-state index is 12.7. The van der Waals surface area contributed by atoms with Gasteiger partial charge in [-0.15, -0.1) is 0 Å². The molecule has 1 amide bonds. The maximum atomic E-state index is 12.7. The highest BCUT2D eigenvalue weighted by Gasteiger charge is 2.23. The van der Waals surface area contributed by atoms with Gasteiger partial charge in [0.05, 0.1) is 17.4 Å². The molecule has 0 aliphatic carbocycles. The number of carboxylic acid groups (broad SMARTS) is 1. The van der Waals surface area contributed by atoms with Gasteiger partial charge in [-0.25, -0.2) is 0 Å². The number of hydrogen-bond acceptors (Lipinski definition) is 4. The molecule has 0 spiro atoms. The van der Waals surface area contributed by atoms with Crippen molar-refractivity contribution >= 4 is 17.6 Å². The van der Waals surface area contributed by atoms with Crippen LogP contribution in [0.2, 0.25) is 0 Å². The van der Waals surface area contributed by atoms with Gasteiger partial charge in [0.25, 0.3) is 11.6 Å². The molecule has 0 unspecified atom stereocenters. The standard InChI is InChI=1S/C21H24N2O5/c1-13-16(6-5-7-18(13)23(27)28)20(26)22-17(12-19(24)25)14-8-10-15(11-9-14)21(2,3)4/h5-11,17H,12H2,1-4H3,(H,22,26)(H,24,25)/t17-/m1/s1. The third-order valence-corrected chi connectivity index (χ3v) is 4.61. The van der Waals surface area contributed by atoms with Crippen molar-refractivity contribution in [1.82, 2.24) is 5.32 Å². The molecule has 0 fully saturated rings. The van der Waals surface area contributed by atoms with Crippen molar-refractivity contribution in [2.75, 3.05) is 0 Å². The van der Waals surface area contributed by atoms with Crippen LogP contribution in [0, 0.1) is 17.0 Å². The summed E-state index contributed by atoms with van der Waals surface area (Å²) in [6.45, 7) is 7.72. The van der Waals surface area contributed by atoms with Crippen LogP contribution >= 0.6 is 0 Å². The van der Waals surface area contributed by atoms with Gasteiger partial charge in [0.1, 0.15) is 0 Å². The van der Waals surface area contributed by atoms with Crippen LogP contribution in [-0.4, -0.2) is 21.9 Å². The van der Waals surface area contributed by atoms with Gasteiger partial charge in [-0.1, -0.05) is 51.1 Å². The molecule has 148 valence electrons. The number of nitro groups is 1. The summed E-state index contributed by atoms with van der Waals surface area (Å²) in [5.74, 6) is -1.60. The molecule has 0 bridgehead atoms. The average Bonchev–Trinajstić information content (AvgIpc) is 2.60. The van der Waals surface area contributed by atoms with Crippen molar-refractivity contribution in [3.05, 3.63) is 74.8 Å². The van der Waals surface area contributed by atoms with E-state index in [1.165, 1.54) is 25.1 Å². The van der Waals surface area contributed by atoms with Crippen LogP contribution in [0.5, 0.6) is 0 Å². The van der Waals surface area contributed by atoms with Gasteiger partial charge in [-0.3, -0.25) is 19.7 Å². The van der Waals surface area contributed by atoms with Gasteiger partial charge in [0.2, 0.25) is 0 Å². The summed E-state index contributed by atoms with van der Waals surface area (Å²) < 4.78 is 0. The molecule has 0 saturated heterocycles. The Bertz CT molecular complexity index is 898. The lowest BCUT2D eigenvalue weighted by atomic mass is 9.86. The molecule has 0 radical (unpaired) electrons. The maximum Gasteiger partial charge on any atom is 0.305 e. The predicted molar refractivity (Wildman–Crippen MR) is 105 cm³/mol. The van der Waals surface area contributed by atoms with Crippen molar-refractivity contribution in [3.8, 4) is 0 Å². The first-order valence-corrected chi connectivity index (χ1v) is 8.88. The van der Waals surface area contributed by atoms with Crippen LogP contribution in [0.3, 0.4) is 0 Å². The van der Waals surface area contributed by atoms with Crippen molar-refractivity contribution in [2.45, 2.75) is 45.6 Å². The van der Waals surface area contributed by atoms with Crippen molar-refractivity contribution in [3.63, 3.8) is 0 Å². The first-order valence-electron chi connectivity index (χ1n) is 8.88. The predicted octanol–water partition coefficient (Wildman–Crippen LogP) is 4.15. The van der Waals surface area contributed by atoms with E-state index in [0.717, 1.165) is 5.56 Å². The zero-order valence-electron chi connectivity index (χ0n) is 16.4. The highest BCUT2D eigenvalue weighted by molar-refractivity contribution is 5.97. The Morgan fingerprint density at radius 3 is 2.25 bits per heavy atom. The van der Waals surface area contributed by atoms with Crippen LogP contribution in [0.1, 0.15) is 60.3 Å². The number of carboxylic acids is 1. The molecule has 1 atom stereocenters. The van der Waals surface area contributed by atoms with Gasteiger partial charge in [0, 0.05) is 17.2 Å². The lowest BCUT2D eigenvalue weighted by Crippen LogP contribution is -2.31. The number of aliphatic carboxylic acids is 1. The minimum atomic E-state index is -1.05. The van der Waals surface area contributed by atoms with Gasteiger partial charge in [-0.05, 0) is 29.5 Å². The summed E-state index contributed by atoms with van der Waals surface area (Å²) in [5.41, 5.74) is 1.93. The lowest BCUT2D eigenvalue weighted by Gasteiger charge is -2.22. The SMILES string of the molecule is Cc1c(C(=O)N[C@H](CC(=O)O)c2ccc(C(C)(C)C)cc2)cccc1[N+](=O)[O-]. The third kappa shape index (κ3) is 4.94. The van der Waals surface area contributed by atoms with Crippen LogP contribution < -0.4 is 5.32 Å². The highest BCUT2D eigenvalue weighted by Crippen LogP contribution is 2.26. The number of amides is 1. The molecule has 2 rings (SSSR count). The summed E-state index contributed by atoms with van der Waals surface area (Å²) in [5, 5.41) is 23.0. The number of rotatable bonds is 6. The van der Waals surface area contributed by atoms with E-state index in [1.54, 1.807) is 12.1 Å². The normalized spacial score (nSPS) is 12.3. The molecule has 2 N–H and O–H groups in total. The van der Waals surface area contributed by atoms with E-state index < -0.39 is 22.8 Å². The van der Waals surface area contributed by atoms with Gasteiger partial charge in [-0.2, -0.15) is 0 Å². The van der Waals surface area contributed by atoms with Crippen LogP contribution in [-0.2, 0) is 10.2 Å². The minimum Gasteiger partial charge on any atom is -0.481 e. The molecule has 7 nitrogen and oxygen atoms in total. The fourth-order valence-corrected chi connectivity index (χ4v) is 2.95. The van der Waals surface area contributed by atoms with Crippen molar-refractivity contribution in [1.29, 1.82) is 0 Å². The quantitative estimate of drug-likeness (QED) is 0.574. The number of carbonyl (C=O) groups excluding carboxylic acids is 1. The Kier molecular flexibility index (Phi) is 6.18. The minimum absolute atomic E-state index is 0.0514. The Morgan fingerprint density at radius 2 is 1.75 bits per heavy atom. The summed E-state index contributed by atoms with van der Waals surface area (Å²) in [6, 6.07) is 10.9. The van der Waals surface area contributed by atoms with E-state index >= 15 is 0 Å². The number of nitro benzene ring substituents is 1. The molecule has 0 saturated carbocycles. The fraction of sp³-hybridized carbons (Fsp3) is 0.333. The zero-order valence-corrected chi connectivity index (χ0v) is 16.4. The van der Waals surface area contributed by atoms with E-state index in [-0.39, 0.29) is 28.7 Å².